The van der Waals surface area contributed by atoms with Crippen molar-refractivity contribution in [2.24, 2.45) is 5.92 Å². The van der Waals surface area contributed by atoms with Gasteiger partial charge in [-0.2, -0.15) is 11.8 Å². The Hall–Kier alpha value is -0.180. The van der Waals surface area contributed by atoms with E-state index in [1.165, 1.54) is 19.3 Å². The van der Waals surface area contributed by atoms with Crippen LogP contribution in [0, 0.1) is 5.92 Å². The third-order valence-electron chi connectivity index (χ3n) is 2.58. The van der Waals surface area contributed by atoms with Crippen molar-refractivity contribution >= 4 is 17.7 Å². The molecule has 0 aromatic heterocycles. The van der Waals surface area contributed by atoms with Gasteiger partial charge < -0.3 is 5.11 Å². The summed E-state index contributed by atoms with van der Waals surface area (Å²) in [6, 6.07) is 0. The van der Waals surface area contributed by atoms with E-state index in [-0.39, 0.29) is 0 Å². The molecular weight excluding hydrogens is 184 g/mol. The van der Waals surface area contributed by atoms with Crippen LogP contribution in [0.2, 0.25) is 0 Å². The van der Waals surface area contributed by atoms with Crippen LogP contribution >= 0.6 is 11.8 Å². The van der Waals surface area contributed by atoms with E-state index in [2.05, 4.69) is 6.92 Å². The van der Waals surface area contributed by atoms with Gasteiger partial charge in [0.05, 0.1) is 6.42 Å². The molecule has 0 aromatic rings. The minimum absolute atomic E-state index is 0.352. The first-order valence-electron chi connectivity index (χ1n) is 5.05. The van der Waals surface area contributed by atoms with Crippen LogP contribution in [0.15, 0.2) is 0 Å². The molecule has 2 nitrogen and oxygen atoms in total. The van der Waals surface area contributed by atoms with Crippen LogP contribution in [-0.4, -0.2) is 22.1 Å². The van der Waals surface area contributed by atoms with Crippen molar-refractivity contribution < 1.29 is 9.90 Å². The van der Waals surface area contributed by atoms with Crippen LogP contribution in [-0.2, 0) is 4.79 Å². The number of carbonyl (C=O) groups is 1. The molecule has 13 heavy (non-hydrogen) atoms. The highest BCUT2D eigenvalue weighted by atomic mass is 32.2. The monoisotopic (exact) mass is 202 g/mol. The zero-order chi connectivity index (χ0) is 9.68. The van der Waals surface area contributed by atoms with Crippen LogP contribution < -0.4 is 0 Å². The Morgan fingerprint density at radius 1 is 1.62 bits per heavy atom. The van der Waals surface area contributed by atoms with Gasteiger partial charge in [0.15, 0.2) is 0 Å². The van der Waals surface area contributed by atoms with Gasteiger partial charge in [0.2, 0.25) is 0 Å². The van der Waals surface area contributed by atoms with E-state index in [1.807, 2.05) is 11.8 Å². The highest BCUT2D eigenvalue weighted by Crippen LogP contribution is 2.33. The van der Waals surface area contributed by atoms with Crippen molar-refractivity contribution in [1.29, 1.82) is 0 Å². The van der Waals surface area contributed by atoms with Gasteiger partial charge in [0.25, 0.3) is 0 Å². The van der Waals surface area contributed by atoms with E-state index < -0.39 is 5.97 Å². The summed E-state index contributed by atoms with van der Waals surface area (Å²) in [5.41, 5.74) is 0. The van der Waals surface area contributed by atoms with Crippen molar-refractivity contribution in [2.45, 2.75) is 44.3 Å². The summed E-state index contributed by atoms with van der Waals surface area (Å²) in [5.74, 6) is 1.30. The fourth-order valence-corrected chi connectivity index (χ4v) is 3.44. The van der Waals surface area contributed by atoms with Gasteiger partial charge in [-0.05, 0) is 24.5 Å². The minimum Gasteiger partial charge on any atom is -0.481 e. The highest BCUT2D eigenvalue weighted by molar-refractivity contribution is 7.99. The zero-order valence-electron chi connectivity index (χ0n) is 8.16. The van der Waals surface area contributed by atoms with Crippen LogP contribution in [0.1, 0.15) is 39.0 Å². The Morgan fingerprint density at radius 2 is 2.38 bits per heavy atom. The summed E-state index contributed by atoms with van der Waals surface area (Å²) in [5, 5.41) is 9.05. The lowest BCUT2D eigenvalue weighted by atomic mass is 9.94. The average Bonchev–Trinajstić information content (AvgIpc) is 2.04. The average molecular weight is 202 g/mol. The third kappa shape index (κ3) is 4.03. The molecule has 0 spiro atoms. The summed E-state index contributed by atoms with van der Waals surface area (Å²) in [6.07, 6.45) is 5.26. The first kappa shape index (κ1) is 10.9. The molecule has 1 saturated heterocycles. The molecule has 0 amide bonds. The standard InChI is InChI=1S/C10H18O2S/c1-2-3-8-4-5-13-9(6-8)7-10(11)12/h8-9H,2-7H2,1H3,(H,11,12). The molecule has 0 aliphatic carbocycles. The van der Waals surface area contributed by atoms with Crippen molar-refractivity contribution in [3.63, 3.8) is 0 Å². The van der Waals surface area contributed by atoms with Crippen molar-refractivity contribution in [1.82, 2.24) is 0 Å². The molecule has 1 heterocycles. The zero-order valence-corrected chi connectivity index (χ0v) is 8.98. The Kier molecular flexibility index (Phi) is 4.64. The highest BCUT2D eigenvalue weighted by Gasteiger charge is 2.23. The maximum Gasteiger partial charge on any atom is 0.304 e. The van der Waals surface area contributed by atoms with Crippen molar-refractivity contribution in [3.8, 4) is 0 Å². The number of hydrogen-bond acceptors (Lipinski definition) is 2. The van der Waals surface area contributed by atoms with Gasteiger partial charge in [-0.3, -0.25) is 4.79 Å². The third-order valence-corrected chi connectivity index (χ3v) is 3.88. The maximum atomic E-state index is 10.5. The van der Waals surface area contributed by atoms with Gasteiger partial charge in [0.1, 0.15) is 0 Å². The Morgan fingerprint density at radius 3 is 3.00 bits per heavy atom. The molecule has 1 fully saturated rings. The number of hydrogen-bond donors (Lipinski definition) is 1. The second kappa shape index (κ2) is 5.53. The van der Waals surface area contributed by atoms with Gasteiger partial charge in [-0.1, -0.05) is 19.8 Å². The SMILES string of the molecule is CCCC1CCSC(CC(=O)O)C1. The van der Waals surface area contributed by atoms with Gasteiger partial charge >= 0.3 is 5.97 Å². The molecule has 0 aromatic carbocycles. The molecule has 2 atom stereocenters. The minimum atomic E-state index is -0.644. The number of rotatable bonds is 4. The molecule has 3 heteroatoms. The first-order valence-corrected chi connectivity index (χ1v) is 6.10. The summed E-state index contributed by atoms with van der Waals surface area (Å²) in [7, 11) is 0. The van der Waals surface area contributed by atoms with E-state index in [0.717, 1.165) is 18.1 Å². The summed E-state index contributed by atoms with van der Waals surface area (Å²) >= 11 is 1.84. The molecule has 1 rings (SSSR count). The quantitative estimate of drug-likeness (QED) is 0.761. The number of thioether (sulfide) groups is 1. The predicted molar refractivity (Wildman–Crippen MR) is 56.1 cm³/mol. The fraction of sp³-hybridized carbons (Fsp3) is 0.900. The van der Waals surface area contributed by atoms with E-state index >= 15 is 0 Å². The second-order valence-electron chi connectivity index (χ2n) is 3.77. The fourth-order valence-electron chi connectivity index (χ4n) is 1.97. The molecule has 1 aliphatic rings. The molecule has 76 valence electrons. The van der Waals surface area contributed by atoms with E-state index in [4.69, 9.17) is 5.11 Å². The van der Waals surface area contributed by atoms with Crippen LogP contribution in [0.3, 0.4) is 0 Å². The Labute approximate surface area is 84.1 Å². The molecule has 0 saturated carbocycles. The smallest absolute Gasteiger partial charge is 0.304 e. The van der Waals surface area contributed by atoms with Crippen molar-refractivity contribution in [2.75, 3.05) is 5.75 Å². The van der Waals surface area contributed by atoms with Crippen LogP contribution in [0.5, 0.6) is 0 Å². The molecular formula is C10H18O2S. The topological polar surface area (TPSA) is 37.3 Å². The lowest BCUT2D eigenvalue weighted by Gasteiger charge is -2.27. The predicted octanol–water partition coefficient (Wildman–Crippen LogP) is 2.77. The van der Waals surface area contributed by atoms with E-state index in [9.17, 15) is 4.79 Å². The van der Waals surface area contributed by atoms with Gasteiger partial charge in [0, 0.05) is 5.25 Å². The normalized spacial score (nSPS) is 28.7. The largest absolute Gasteiger partial charge is 0.481 e. The lowest BCUT2D eigenvalue weighted by molar-refractivity contribution is -0.137. The van der Waals surface area contributed by atoms with E-state index in [0.29, 0.717) is 11.7 Å². The van der Waals surface area contributed by atoms with Gasteiger partial charge in [-0.15, -0.1) is 0 Å². The number of carboxylic acids is 1. The Bertz CT molecular complexity index is 168. The summed E-state index contributed by atoms with van der Waals surface area (Å²) < 4.78 is 0. The Balaban J connectivity index is 2.28. The molecule has 1 aliphatic heterocycles. The van der Waals surface area contributed by atoms with Crippen LogP contribution in [0.25, 0.3) is 0 Å². The summed E-state index contributed by atoms with van der Waals surface area (Å²) in [4.78, 5) is 10.5. The molecule has 2 unspecified atom stereocenters. The second-order valence-corrected chi connectivity index (χ2v) is 5.18. The number of carboxylic acid groups (broad SMARTS) is 1. The van der Waals surface area contributed by atoms with Gasteiger partial charge in [-0.25, -0.2) is 0 Å². The maximum absolute atomic E-state index is 10.5. The van der Waals surface area contributed by atoms with Crippen LogP contribution in [0.4, 0.5) is 0 Å². The first-order chi connectivity index (χ1) is 6.22. The molecule has 1 N–H and O–H groups in total. The molecule has 0 bridgehead atoms. The van der Waals surface area contributed by atoms with Crippen molar-refractivity contribution in [3.05, 3.63) is 0 Å². The number of aliphatic carboxylic acids is 1. The lowest BCUT2D eigenvalue weighted by Crippen LogP contribution is -2.20. The van der Waals surface area contributed by atoms with E-state index in [1.54, 1.807) is 0 Å². The summed E-state index contributed by atoms with van der Waals surface area (Å²) in [6.45, 7) is 2.20. The molecule has 0 radical (unpaired) electrons.